The highest BCUT2D eigenvalue weighted by molar-refractivity contribution is 6.38. The van der Waals surface area contributed by atoms with E-state index in [9.17, 15) is 33.6 Å². The topological polar surface area (TPSA) is 183 Å². The molecule has 14 heteroatoms. The molecule has 3 rings (SSSR count). The van der Waals surface area contributed by atoms with Gasteiger partial charge < -0.3 is 35.8 Å². The third kappa shape index (κ3) is 12.3. The molecule has 0 bridgehead atoms. The Labute approximate surface area is 313 Å². The Balaban J connectivity index is 1.72. The second-order valence-corrected chi connectivity index (χ2v) is 15.8. The zero-order chi connectivity index (χ0) is 39.5. The van der Waals surface area contributed by atoms with Crippen molar-refractivity contribution in [3.05, 3.63) is 35.9 Å². The minimum absolute atomic E-state index is 0.0841. The highest BCUT2D eigenvalue weighted by Gasteiger charge is 2.47. The molecule has 5 atom stereocenters. The summed E-state index contributed by atoms with van der Waals surface area (Å²) in [6.45, 7) is 11.1. The van der Waals surface area contributed by atoms with E-state index in [0.717, 1.165) is 32.1 Å². The highest BCUT2D eigenvalue weighted by Crippen LogP contribution is 2.36. The van der Waals surface area contributed by atoms with Crippen LogP contribution < -0.4 is 21.3 Å². The molecule has 14 nitrogen and oxygen atoms in total. The first-order chi connectivity index (χ1) is 24.9. The van der Waals surface area contributed by atoms with E-state index in [0.29, 0.717) is 18.4 Å². The molecule has 0 unspecified atom stereocenters. The smallest absolute Gasteiger partial charge is 0.408 e. The lowest BCUT2D eigenvalue weighted by Gasteiger charge is -2.35. The number of carbonyl (C=O) groups is 7. The van der Waals surface area contributed by atoms with Gasteiger partial charge in [-0.25, -0.2) is 4.79 Å². The largest absolute Gasteiger partial charge is 0.446 e. The number of rotatable bonds is 16. The van der Waals surface area contributed by atoms with Gasteiger partial charge in [0.25, 0.3) is 5.91 Å². The predicted octanol–water partition coefficient (Wildman–Crippen LogP) is 3.25. The van der Waals surface area contributed by atoms with Crippen molar-refractivity contribution < 1.29 is 38.3 Å². The van der Waals surface area contributed by atoms with E-state index in [1.165, 1.54) is 9.80 Å². The molecule has 1 aromatic rings. The lowest BCUT2D eigenvalue weighted by atomic mass is 9.83. The normalized spacial score (nSPS) is 19.3. The minimum atomic E-state index is -1.21. The molecule has 2 fully saturated rings. The van der Waals surface area contributed by atoms with Gasteiger partial charge in [-0.1, -0.05) is 90.6 Å². The molecule has 0 spiro atoms. The van der Waals surface area contributed by atoms with Crippen molar-refractivity contribution in [1.82, 2.24) is 31.1 Å². The van der Waals surface area contributed by atoms with Gasteiger partial charge in [0, 0.05) is 20.6 Å². The monoisotopic (exact) mass is 740 g/mol. The second kappa shape index (κ2) is 19.5. The van der Waals surface area contributed by atoms with Gasteiger partial charge in [0.2, 0.25) is 29.4 Å². The number of likely N-dealkylation sites (tertiary alicyclic amines) is 1. The van der Waals surface area contributed by atoms with Gasteiger partial charge in [-0.15, -0.1) is 0 Å². The quantitative estimate of drug-likeness (QED) is 0.186. The summed E-state index contributed by atoms with van der Waals surface area (Å²) in [5.74, 6) is -4.04. The summed E-state index contributed by atoms with van der Waals surface area (Å²) in [6.07, 6.45) is 4.28. The zero-order valence-corrected chi connectivity index (χ0v) is 32.7. The second-order valence-electron chi connectivity index (χ2n) is 15.8. The highest BCUT2D eigenvalue weighted by atomic mass is 16.6. The van der Waals surface area contributed by atoms with E-state index in [1.54, 1.807) is 58.3 Å². The Morgan fingerprint density at radius 1 is 0.925 bits per heavy atom. The van der Waals surface area contributed by atoms with E-state index < -0.39 is 65.7 Å². The van der Waals surface area contributed by atoms with E-state index in [1.807, 2.05) is 27.7 Å². The number of hydrogen-bond donors (Lipinski definition) is 4. The molecule has 1 saturated carbocycles. The van der Waals surface area contributed by atoms with Crippen molar-refractivity contribution in [3.63, 3.8) is 0 Å². The minimum Gasteiger partial charge on any atom is -0.446 e. The molecule has 1 aliphatic carbocycles. The van der Waals surface area contributed by atoms with Crippen molar-refractivity contribution in [2.45, 2.75) is 123 Å². The number of likely N-dealkylation sites (N-methyl/N-ethyl adjacent to an activating group) is 1. The van der Waals surface area contributed by atoms with Gasteiger partial charge in [0.1, 0.15) is 24.2 Å². The van der Waals surface area contributed by atoms with E-state index in [2.05, 4.69) is 21.3 Å². The first-order valence-corrected chi connectivity index (χ1v) is 18.9. The van der Waals surface area contributed by atoms with Crippen LogP contribution in [0.5, 0.6) is 0 Å². The average Bonchev–Trinajstić information content (AvgIpc) is 3.46. The standard InChI is InChI=1S/C39H60N6O8/c1-9-16-28(33(47)35(49)40-22-30(46)42-31(36(50)44(7)8)26-17-12-10-13-18-26)41-34(48)29-21-39(5,6)23-45(29)37(51)32(27-19-14-11-15-20-27)43-38(52)53-25(4)24(2)3/h10,12-13,17-18,24-25,27-29,31-32H,9,11,14-16,19-23H2,1-8H3,(H,40,49)(H,41,48)(H,42,46)(H,43,52)/t25-,28-,29-,31-,32-/m0/s1. The Morgan fingerprint density at radius 3 is 2.15 bits per heavy atom. The molecule has 1 aromatic carbocycles. The number of ketones is 1. The molecule has 6 amide bonds. The van der Waals surface area contributed by atoms with Crippen molar-refractivity contribution >= 4 is 41.4 Å². The van der Waals surface area contributed by atoms with Crippen molar-refractivity contribution in [3.8, 4) is 0 Å². The molecule has 294 valence electrons. The zero-order valence-electron chi connectivity index (χ0n) is 32.7. The van der Waals surface area contributed by atoms with E-state index >= 15 is 0 Å². The third-order valence-corrected chi connectivity index (χ3v) is 10.2. The molecule has 0 radical (unpaired) electrons. The van der Waals surface area contributed by atoms with Crippen LogP contribution in [0.25, 0.3) is 0 Å². The first kappa shape index (κ1) is 42.9. The van der Waals surface area contributed by atoms with Gasteiger partial charge in [0.05, 0.1) is 12.6 Å². The van der Waals surface area contributed by atoms with Crippen molar-refractivity contribution in [2.75, 3.05) is 27.2 Å². The molecule has 53 heavy (non-hydrogen) atoms. The van der Waals surface area contributed by atoms with Crippen LogP contribution in [0.15, 0.2) is 30.3 Å². The molecular formula is C39H60N6O8. The number of Topliss-reactive ketones (excluding diaryl/α,β-unsaturated/α-hetero) is 1. The lowest BCUT2D eigenvalue weighted by molar-refractivity contribution is -0.143. The van der Waals surface area contributed by atoms with Gasteiger partial charge in [-0.3, -0.25) is 28.8 Å². The first-order valence-electron chi connectivity index (χ1n) is 18.9. The maximum Gasteiger partial charge on any atom is 0.408 e. The van der Waals surface area contributed by atoms with E-state index in [-0.39, 0.29) is 42.7 Å². The number of carbonyl (C=O) groups excluding carboxylic acids is 7. The van der Waals surface area contributed by atoms with Gasteiger partial charge in [-0.2, -0.15) is 0 Å². The maximum atomic E-state index is 14.3. The number of nitrogens with zero attached hydrogens (tertiary/aromatic N) is 2. The number of ether oxygens (including phenoxy) is 1. The summed E-state index contributed by atoms with van der Waals surface area (Å²) in [7, 11) is 3.12. The van der Waals surface area contributed by atoms with Crippen LogP contribution in [0.2, 0.25) is 0 Å². The Kier molecular flexibility index (Phi) is 15.8. The van der Waals surface area contributed by atoms with Crippen LogP contribution in [-0.4, -0.2) is 103 Å². The van der Waals surface area contributed by atoms with Crippen LogP contribution in [0, 0.1) is 17.3 Å². The van der Waals surface area contributed by atoms with Crippen molar-refractivity contribution in [1.29, 1.82) is 0 Å². The molecule has 2 aliphatic rings. The Bertz CT molecular complexity index is 1460. The van der Waals surface area contributed by atoms with Crippen LogP contribution in [0.4, 0.5) is 4.79 Å². The molecule has 1 saturated heterocycles. The fraction of sp³-hybridized carbons (Fsp3) is 0.667. The lowest BCUT2D eigenvalue weighted by Crippen LogP contribution is -2.58. The molecular weight excluding hydrogens is 680 g/mol. The summed E-state index contributed by atoms with van der Waals surface area (Å²) < 4.78 is 5.57. The number of alkyl carbamates (subject to hydrolysis) is 1. The summed E-state index contributed by atoms with van der Waals surface area (Å²) in [4.78, 5) is 96.2. The van der Waals surface area contributed by atoms with Crippen LogP contribution >= 0.6 is 0 Å². The summed E-state index contributed by atoms with van der Waals surface area (Å²) in [6, 6.07) is 4.61. The maximum absolute atomic E-state index is 14.3. The summed E-state index contributed by atoms with van der Waals surface area (Å²) >= 11 is 0. The molecule has 4 N–H and O–H groups in total. The van der Waals surface area contributed by atoms with Gasteiger partial charge in [0.15, 0.2) is 0 Å². The number of hydrogen-bond acceptors (Lipinski definition) is 8. The molecule has 1 aliphatic heterocycles. The number of amides is 6. The fourth-order valence-corrected chi connectivity index (χ4v) is 6.86. The Hall–Kier alpha value is -4.49. The SMILES string of the molecule is CCC[C@H](NC(=O)[C@@H]1CC(C)(C)CN1C(=O)[C@@H](NC(=O)O[C@@H](C)C(C)C)C1CCCCC1)C(=O)C(=O)NCC(=O)N[C@H](C(=O)N(C)C)c1ccccc1. The number of benzene rings is 1. The summed E-state index contributed by atoms with van der Waals surface area (Å²) in [5.41, 5.74) is 0.110. The summed E-state index contributed by atoms with van der Waals surface area (Å²) in [5, 5.41) is 10.5. The van der Waals surface area contributed by atoms with Gasteiger partial charge in [-0.05, 0) is 55.4 Å². The fourth-order valence-electron chi connectivity index (χ4n) is 6.86. The average molecular weight is 741 g/mol. The Morgan fingerprint density at radius 2 is 1.57 bits per heavy atom. The van der Waals surface area contributed by atoms with Crippen molar-refractivity contribution in [2.24, 2.45) is 17.3 Å². The molecule has 1 heterocycles. The third-order valence-electron chi connectivity index (χ3n) is 10.2. The molecule has 0 aromatic heterocycles. The van der Waals surface area contributed by atoms with Crippen LogP contribution in [-0.2, 0) is 33.5 Å². The van der Waals surface area contributed by atoms with E-state index in [4.69, 9.17) is 4.74 Å². The van der Waals surface area contributed by atoms with Crippen LogP contribution in [0.3, 0.4) is 0 Å². The van der Waals surface area contributed by atoms with Crippen LogP contribution in [0.1, 0.15) is 105 Å². The van der Waals surface area contributed by atoms with Gasteiger partial charge >= 0.3 is 6.09 Å². The predicted molar refractivity (Wildman–Crippen MR) is 199 cm³/mol. The number of nitrogens with one attached hydrogen (secondary N) is 4.